The van der Waals surface area contributed by atoms with Crippen LogP contribution in [0.2, 0.25) is 5.02 Å². The molecule has 0 unspecified atom stereocenters. The minimum absolute atomic E-state index is 0.0194. The third-order valence-electron chi connectivity index (χ3n) is 7.01. The minimum Gasteiger partial charge on any atom is -0.489 e. The van der Waals surface area contributed by atoms with Crippen molar-refractivity contribution < 1.29 is 13.2 Å². The van der Waals surface area contributed by atoms with Gasteiger partial charge in [-0.1, -0.05) is 37.6 Å². The van der Waals surface area contributed by atoms with Crippen molar-refractivity contribution in [2.75, 3.05) is 23.7 Å². The molecule has 1 aromatic heterocycles. The fourth-order valence-corrected chi connectivity index (χ4v) is 6.22. The van der Waals surface area contributed by atoms with Gasteiger partial charge in [0.15, 0.2) is 15.7 Å². The lowest BCUT2D eigenvalue weighted by Gasteiger charge is -2.28. The summed E-state index contributed by atoms with van der Waals surface area (Å²) in [4.78, 5) is 9.21. The van der Waals surface area contributed by atoms with E-state index < -0.39 is 15.1 Å². The van der Waals surface area contributed by atoms with Crippen molar-refractivity contribution in [1.82, 2.24) is 15.3 Å². The lowest BCUT2D eigenvalue weighted by atomic mass is 9.83. The Labute approximate surface area is 243 Å². The van der Waals surface area contributed by atoms with E-state index in [1.165, 1.54) is 17.3 Å². The van der Waals surface area contributed by atoms with Gasteiger partial charge in [-0.15, -0.1) is 0 Å². The molecule has 0 amide bonds. The Morgan fingerprint density at radius 1 is 1.00 bits per heavy atom. The number of anilines is 4. The molecule has 1 saturated heterocycles. The molecule has 40 heavy (non-hydrogen) atoms. The summed E-state index contributed by atoms with van der Waals surface area (Å²) in [7, 11) is -3.53. The number of hydrogen-bond acceptors (Lipinski definition) is 8. The van der Waals surface area contributed by atoms with E-state index in [2.05, 4.69) is 51.9 Å². The maximum atomic E-state index is 13.0. The smallest absolute Gasteiger partial charge is 0.229 e. The van der Waals surface area contributed by atoms with Crippen LogP contribution in [0, 0.1) is 0 Å². The monoisotopic (exact) mass is 585 g/mol. The summed E-state index contributed by atoms with van der Waals surface area (Å²) in [6.07, 6.45) is 3.66. The van der Waals surface area contributed by atoms with E-state index >= 15 is 0 Å². The Morgan fingerprint density at radius 3 is 2.35 bits per heavy atom. The lowest BCUT2D eigenvalue weighted by Crippen LogP contribution is -2.27. The van der Waals surface area contributed by atoms with Crippen molar-refractivity contribution in [1.29, 1.82) is 0 Å². The maximum Gasteiger partial charge on any atom is 0.229 e. The van der Waals surface area contributed by atoms with Crippen LogP contribution in [0.15, 0.2) is 47.5 Å². The van der Waals surface area contributed by atoms with Crippen LogP contribution in [0.5, 0.6) is 5.75 Å². The van der Waals surface area contributed by atoms with E-state index in [0.29, 0.717) is 29.3 Å². The van der Waals surface area contributed by atoms with Gasteiger partial charge >= 0.3 is 0 Å². The number of hydrogen-bond donors (Lipinski definition) is 3. The number of nitrogens with one attached hydrogen (secondary N) is 3. The first-order valence-corrected chi connectivity index (χ1v) is 15.8. The summed E-state index contributed by atoms with van der Waals surface area (Å²) in [5.74, 6) is 2.16. The molecular weight excluding hydrogens is 546 g/mol. The number of piperidine rings is 1. The maximum absolute atomic E-state index is 13.0. The largest absolute Gasteiger partial charge is 0.489 e. The number of ether oxygens (including phenoxy) is 1. The number of sulfone groups is 1. The third-order valence-corrected chi connectivity index (χ3v) is 9.49. The predicted octanol–water partition coefficient (Wildman–Crippen LogP) is 7.18. The molecule has 1 aliphatic heterocycles. The van der Waals surface area contributed by atoms with Crippen LogP contribution < -0.4 is 20.7 Å². The molecule has 216 valence electrons. The second-order valence-electron chi connectivity index (χ2n) is 11.1. The Kier molecular flexibility index (Phi) is 9.59. The molecule has 0 saturated carbocycles. The van der Waals surface area contributed by atoms with Crippen molar-refractivity contribution >= 4 is 44.6 Å². The van der Waals surface area contributed by atoms with Crippen LogP contribution in [0.3, 0.4) is 0 Å². The normalized spacial score (nSPS) is 14.7. The molecule has 4 rings (SSSR count). The molecule has 0 radical (unpaired) electrons. The minimum atomic E-state index is -3.53. The molecule has 10 heteroatoms. The van der Waals surface area contributed by atoms with Crippen LogP contribution in [-0.4, -0.2) is 42.8 Å². The first-order chi connectivity index (χ1) is 19.0. The van der Waals surface area contributed by atoms with Crippen LogP contribution in [0.25, 0.3) is 0 Å². The summed E-state index contributed by atoms with van der Waals surface area (Å²) < 4.78 is 32.2. The van der Waals surface area contributed by atoms with Gasteiger partial charge in [-0.3, -0.25) is 0 Å². The zero-order valence-corrected chi connectivity index (χ0v) is 25.7. The van der Waals surface area contributed by atoms with Gasteiger partial charge in [-0.2, -0.15) is 4.98 Å². The highest BCUT2D eigenvalue weighted by atomic mass is 35.5. The van der Waals surface area contributed by atoms with Gasteiger partial charge < -0.3 is 20.7 Å². The Bertz CT molecular complexity index is 1440. The van der Waals surface area contributed by atoms with Crippen LogP contribution >= 0.6 is 11.6 Å². The van der Waals surface area contributed by atoms with E-state index in [9.17, 15) is 8.42 Å². The van der Waals surface area contributed by atoms with Gasteiger partial charge in [0.25, 0.3) is 0 Å². The molecule has 0 atom stereocenters. The van der Waals surface area contributed by atoms with Crippen LogP contribution in [0.4, 0.5) is 23.1 Å². The number of benzene rings is 2. The topological polar surface area (TPSA) is 105 Å². The molecule has 3 aromatic rings. The predicted molar refractivity (Wildman–Crippen MR) is 164 cm³/mol. The summed E-state index contributed by atoms with van der Waals surface area (Å²) in [5.41, 5.74) is 3.77. The zero-order chi connectivity index (χ0) is 29.0. The number of halogens is 1. The molecule has 0 aliphatic carbocycles. The average Bonchev–Trinajstić information content (AvgIpc) is 2.91. The number of aromatic nitrogens is 2. The van der Waals surface area contributed by atoms with E-state index in [0.717, 1.165) is 37.4 Å². The molecule has 2 heterocycles. The summed E-state index contributed by atoms with van der Waals surface area (Å²) in [6.45, 7) is 13.8. The highest BCUT2D eigenvalue weighted by Crippen LogP contribution is 2.40. The van der Waals surface area contributed by atoms with Crippen molar-refractivity contribution in [3.8, 4) is 5.75 Å². The number of para-hydroxylation sites is 1. The van der Waals surface area contributed by atoms with Crippen molar-refractivity contribution in [3.63, 3.8) is 0 Å². The molecule has 1 fully saturated rings. The first-order valence-electron chi connectivity index (χ1n) is 13.9. The second kappa shape index (κ2) is 12.7. The average molecular weight is 586 g/mol. The van der Waals surface area contributed by atoms with E-state index in [4.69, 9.17) is 16.3 Å². The van der Waals surface area contributed by atoms with Crippen LogP contribution in [0.1, 0.15) is 77.3 Å². The fourth-order valence-electron chi connectivity index (χ4n) is 4.88. The zero-order valence-electron chi connectivity index (χ0n) is 24.1. The molecule has 0 spiro atoms. The Hall–Kier alpha value is -2.88. The quantitative estimate of drug-likeness (QED) is 0.230. The van der Waals surface area contributed by atoms with Gasteiger partial charge in [-0.25, -0.2) is 13.4 Å². The highest BCUT2D eigenvalue weighted by molar-refractivity contribution is 7.92. The van der Waals surface area contributed by atoms with Gasteiger partial charge in [0.2, 0.25) is 5.95 Å². The molecular formula is C30H40ClN5O3S. The Balaban J connectivity index is 1.71. The molecule has 2 aromatic carbocycles. The fraction of sp³-hybridized carbons (Fsp3) is 0.467. The van der Waals surface area contributed by atoms with E-state index in [1.54, 1.807) is 38.1 Å². The van der Waals surface area contributed by atoms with E-state index in [-0.39, 0.29) is 16.0 Å². The summed E-state index contributed by atoms with van der Waals surface area (Å²) in [6, 6.07) is 11.1. The van der Waals surface area contributed by atoms with Crippen LogP contribution in [-0.2, 0) is 9.84 Å². The summed E-state index contributed by atoms with van der Waals surface area (Å²) in [5, 5.41) is 9.61. The van der Waals surface area contributed by atoms with Gasteiger partial charge in [0.05, 0.1) is 33.8 Å². The van der Waals surface area contributed by atoms with Gasteiger partial charge in [0, 0.05) is 0 Å². The third kappa shape index (κ3) is 6.87. The lowest BCUT2D eigenvalue weighted by molar-refractivity contribution is 0.243. The van der Waals surface area contributed by atoms with E-state index in [1.807, 2.05) is 13.8 Å². The highest BCUT2D eigenvalue weighted by Gasteiger charge is 2.25. The summed E-state index contributed by atoms with van der Waals surface area (Å²) >= 11 is 6.46. The number of rotatable bonds is 10. The van der Waals surface area contributed by atoms with Crippen molar-refractivity contribution in [2.24, 2.45) is 0 Å². The second-order valence-corrected chi connectivity index (χ2v) is 13.9. The van der Waals surface area contributed by atoms with Crippen molar-refractivity contribution in [3.05, 3.63) is 58.7 Å². The number of nitrogens with zero attached hydrogens (tertiary/aromatic N) is 2. The molecule has 0 bridgehead atoms. The standard InChI is InChI=1S/C30H40ClN5O3S/c1-18(2)22-15-26(27(39-19(3)4)16-23(22)21-11-13-32-14-12-21)35-30-33-17-24(31)29(36-30)34-25-9-7-8-10-28(25)40(37,38)20(5)6/h7-10,15-21,32H,11-14H2,1-6H3,(H2,33,34,35,36). The molecule has 8 nitrogen and oxygen atoms in total. The molecule has 3 N–H and O–H groups in total. The van der Waals surface area contributed by atoms with Gasteiger partial charge in [0.1, 0.15) is 10.8 Å². The van der Waals surface area contributed by atoms with Crippen molar-refractivity contribution in [2.45, 2.75) is 82.5 Å². The SMILES string of the molecule is CC(C)Oc1cc(C2CCNCC2)c(C(C)C)cc1Nc1ncc(Cl)c(Nc2ccccc2S(=O)(=O)C(C)C)n1. The Morgan fingerprint density at radius 2 is 1.70 bits per heavy atom. The first kappa shape index (κ1) is 30.1. The van der Waals surface area contributed by atoms with Gasteiger partial charge in [-0.05, 0) is 101 Å². The molecule has 1 aliphatic rings.